The molecule has 0 aliphatic rings. The molecule has 7 heteroatoms. The molecule has 1 unspecified atom stereocenters. The Morgan fingerprint density at radius 2 is 1.90 bits per heavy atom. The van der Waals surface area contributed by atoms with Crippen molar-refractivity contribution in [3.8, 4) is 11.3 Å². The molecular formula is C22H21F3N2O2. The van der Waals surface area contributed by atoms with Crippen LogP contribution in [0, 0.1) is 6.92 Å². The number of esters is 1. The van der Waals surface area contributed by atoms with Gasteiger partial charge >= 0.3 is 12.1 Å². The number of alkyl halides is 3. The number of halogens is 3. The Bertz CT molecular complexity index is 1050. The standard InChI is InChI=1S/C22H21F3N2O2/c1-4-29-20(28)10-13(2)15-8-9-19-18(12-15)21(27-14(3)26-19)16-6-5-7-17(11-16)22(23,24)25/h5-9,11-13H,4,10H2,1-3H3. The van der Waals surface area contributed by atoms with Crippen molar-refractivity contribution in [2.75, 3.05) is 6.61 Å². The fourth-order valence-electron chi connectivity index (χ4n) is 3.22. The minimum atomic E-state index is -4.44. The molecule has 0 saturated heterocycles. The van der Waals surface area contributed by atoms with E-state index in [1.165, 1.54) is 6.07 Å². The minimum absolute atomic E-state index is 0.117. The maximum atomic E-state index is 13.2. The van der Waals surface area contributed by atoms with E-state index in [2.05, 4.69) is 9.97 Å². The number of hydrogen-bond donors (Lipinski definition) is 0. The van der Waals surface area contributed by atoms with Crippen LogP contribution in [-0.4, -0.2) is 22.5 Å². The number of benzene rings is 2. The van der Waals surface area contributed by atoms with Crippen LogP contribution in [0.1, 0.15) is 43.1 Å². The van der Waals surface area contributed by atoms with Gasteiger partial charge in [-0.1, -0.05) is 25.1 Å². The van der Waals surface area contributed by atoms with E-state index in [4.69, 9.17) is 4.74 Å². The quantitative estimate of drug-likeness (QED) is 0.515. The number of fused-ring (bicyclic) bond motifs is 1. The highest BCUT2D eigenvalue weighted by atomic mass is 19.4. The number of hydrogen-bond acceptors (Lipinski definition) is 4. The minimum Gasteiger partial charge on any atom is -0.466 e. The van der Waals surface area contributed by atoms with Gasteiger partial charge in [0.2, 0.25) is 0 Å². The molecule has 3 rings (SSSR count). The zero-order chi connectivity index (χ0) is 21.2. The number of carbonyl (C=O) groups is 1. The number of carbonyl (C=O) groups excluding carboxylic acids is 1. The molecule has 4 nitrogen and oxygen atoms in total. The van der Waals surface area contributed by atoms with Crippen LogP contribution in [0.4, 0.5) is 13.2 Å². The van der Waals surface area contributed by atoms with E-state index in [-0.39, 0.29) is 18.3 Å². The third kappa shape index (κ3) is 4.72. The lowest BCUT2D eigenvalue weighted by atomic mass is 9.94. The highest BCUT2D eigenvalue weighted by molar-refractivity contribution is 5.93. The van der Waals surface area contributed by atoms with Gasteiger partial charge in [0, 0.05) is 10.9 Å². The summed E-state index contributed by atoms with van der Waals surface area (Å²) in [5.74, 6) is 0.0599. The van der Waals surface area contributed by atoms with Crippen molar-refractivity contribution < 1.29 is 22.7 Å². The lowest BCUT2D eigenvalue weighted by Crippen LogP contribution is -2.08. The molecule has 152 valence electrons. The van der Waals surface area contributed by atoms with E-state index in [1.807, 2.05) is 19.1 Å². The van der Waals surface area contributed by atoms with Crippen LogP contribution < -0.4 is 0 Å². The molecule has 0 aliphatic heterocycles. The van der Waals surface area contributed by atoms with Gasteiger partial charge in [0.25, 0.3) is 0 Å². The van der Waals surface area contributed by atoms with Crippen LogP contribution in [0.2, 0.25) is 0 Å². The van der Waals surface area contributed by atoms with Crippen LogP contribution in [0.25, 0.3) is 22.2 Å². The molecule has 1 heterocycles. The second-order valence-corrected chi connectivity index (χ2v) is 6.88. The average Bonchev–Trinajstić information content (AvgIpc) is 2.66. The lowest BCUT2D eigenvalue weighted by molar-refractivity contribution is -0.143. The molecule has 0 amide bonds. The largest absolute Gasteiger partial charge is 0.466 e. The van der Waals surface area contributed by atoms with Crippen LogP contribution in [0.15, 0.2) is 42.5 Å². The molecule has 2 aromatic carbocycles. The highest BCUT2D eigenvalue weighted by Crippen LogP contribution is 2.34. The Hall–Kier alpha value is -2.96. The Kier molecular flexibility index (Phi) is 5.86. The predicted molar refractivity (Wildman–Crippen MR) is 104 cm³/mol. The van der Waals surface area contributed by atoms with E-state index in [1.54, 1.807) is 26.0 Å². The normalized spacial score (nSPS) is 12.8. The Morgan fingerprint density at radius 1 is 1.14 bits per heavy atom. The summed E-state index contributed by atoms with van der Waals surface area (Å²) in [5, 5.41) is 0.642. The maximum Gasteiger partial charge on any atom is 0.416 e. The molecular weight excluding hydrogens is 381 g/mol. The fraction of sp³-hybridized carbons (Fsp3) is 0.318. The average molecular weight is 402 g/mol. The van der Waals surface area contributed by atoms with Crippen molar-refractivity contribution in [1.29, 1.82) is 0 Å². The fourth-order valence-corrected chi connectivity index (χ4v) is 3.22. The molecule has 0 saturated carbocycles. The first-order valence-electron chi connectivity index (χ1n) is 9.30. The molecule has 1 aromatic heterocycles. The smallest absolute Gasteiger partial charge is 0.416 e. The van der Waals surface area contributed by atoms with Gasteiger partial charge in [-0.05, 0) is 49.6 Å². The zero-order valence-electron chi connectivity index (χ0n) is 16.4. The van der Waals surface area contributed by atoms with Crippen LogP contribution in [0.5, 0.6) is 0 Å². The number of rotatable bonds is 5. The maximum absolute atomic E-state index is 13.2. The van der Waals surface area contributed by atoms with Crippen molar-refractivity contribution in [2.24, 2.45) is 0 Å². The van der Waals surface area contributed by atoms with Gasteiger partial charge in [-0.25, -0.2) is 9.97 Å². The topological polar surface area (TPSA) is 52.1 Å². The highest BCUT2D eigenvalue weighted by Gasteiger charge is 2.30. The van der Waals surface area contributed by atoms with Gasteiger partial charge in [0.05, 0.1) is 29.8 Å². The van der Waals surface area contributed by atoms with E-state index in [0.29, 0.717) is 34.6 Å². The zero-order valence-corrected chi connectivity index (χ0v) is 16.4. The van der Waals surface area contributed by atoms with E-state index < -0.39 is 11.7 Å². The summed E-state index contributed by atoms with van der Waals surface area (Å²) >= 11 is 0. The summed E-state index contributed by atoms with van der Waals surface area (Å²) < 4.78 is 44.5. The first-order valence-corrected chi connectivity index (χ1v) is 9.30. The molecule has 0 spiro atoms. The Labute approximate surface area is 166 Å². The molecule has 0 aliphatic carbocycles. The monoisotopic (exact) mass is 402 g/mol. The van der Waals surface area contributed by atoms with Crippen molar-refractivity contribution in [2.45, 2.75) is 39.3 Å². The van der Waals surface area contributed by atoms with E-state index in [9.17, 15) is 18.0 Å². The third-order valence-corrected chi connectivity index (χ3v) is 4.64. The molecule has 1 atom stereocenters. The Morgan fingerprint density at radius 3 is 2.59 bits per heavy atom. The van der Waals surface area contributed by atoms with Gasteiger partial charge in [-0.3, -0.25) is 4.79 Å². The van der Waals surface area contributed by atoms with Gasteiger partial charge in [-0.15, -0.1) is 0 Å². The number of nitrogens with zero attached hydrogens (tertiary/aromatic N) is 2. The molecule has 0 bridgehead atoms. The summed E-state index contributed by atoms with van der Waals surface area (Å²) in [6, 6.07) is 10.6. The summed E-state index contributed by atoms with van der Waals surface area (Å²) in [6.45, 7) is 5.67. The number of ether oxygens (including phenoxy) is 1. The second kappa shape index (κ2) is 8.19. The van der Waals surface area contributed by atoms with Crippen LogP contribution in [0.3, 0.4) is 0 Å². The van der Waals surface area contributed by atoms with Crippen molar-refractivity contribution in [1.82, 2.24) is 9.97 Å². The SMILES string of the molecule is CCOC(=O)CC(C)c1ccc2nc(C)nc(-c3cccc(C(F)(F)F)c3)c2c1. The third-order valence-electron chi connectivity index (χ3n) is 4.64. The summed E-state index contributed by atoms with van der Waals surface area (Å²) in [4.78, 5) is 20.6. The van der Waals surface area contributed by atoms with Crippen molar-refractivity contribution in [3.63, 3.8) is 0 Å². The predicted octanol–water partition coefficient (Wildman–Crippen LogP) is 5.68. The number of aryl methyl sites for hydroxylation is 1. The second-order valence-electron chi connectivity index (χ2n) is 6.88. The summed E-state index contributed by atoms with van der Waals surface area (Å²) in [5.41, 5.74) is 1.57. The van der Waals surface area contributed by atoms with Gasteiger partial charge < -0.3 is 4.74 Å². The van der Waals surface area contributed by atoms with Crippen LogP contribution >= 0.6 is 0 Å². The first-order chi connectivity index (χ1) is 13.7. The Balaban J connectivity index is 2.09. The van der Waals surface area contributed by atoms with Gasteiger partial charge in [0.1, 0.15) is 5.82 Å². The lowest BCUT2D eigenvalue weighted by Gasteiger charge is -2.14. The van der Waals surface area contributed by atoms with Gasteiger partial charge in [0.15, 0.2) is 0 Å². The van der Waals surface area contributed by atoms with E-state index in [0.717, 1.165) is 17.7 Å². The van der Waals surface area contributed by atoms with Crippen molar-refractivity contribution >= 4 is 16.9 Å². The molecule has 3 aromatic rings. The number of aromatic nitrogens is 2. The summed E-state index contributed by atoms with van der Waals surface area (Å²) in [6.07, 6.45) is -4.22. The molecule has 0 radical (unpaired) electrons. The molecule has 0 N–H and O–H groups in total. The van der Waals surface area contributed by atoms with Crippen molar-refractivity contribution in [3.05, 3.63) is 59.4 Å². The van der Waals surface area contributed by atoms with Crippen LogP contribution in [-0.2, 0) is 15.7 Å². The molecule has 0 fully saturated rings. The summed E-state index contributed by atoms with van der Waals surface area (Å²) in [7, 11) is 0. The van der Waals surface area contributed by atoms with E-state index >= 15 is 0 Å². The molecule has 29 heavy (non-hydrogen) atoms. The van der Waals surface area contributed by atoms with Gasteiger partial charge in [-0.2, -0.15) is 13.2 Å². The first kappa shape index (κ1) is 20.8.